The maximum Gasteiger partial charge on any atom is 0.126 e. The van der Waals surface area contributed by atoms with Crippen LogP contribution >= 0.6 is 11.6 Å². The number of halogens is 1. The van der Waals surface area contributed by atoms with Gasteiger partial charge in [0.15, 0.2) is 0 Å². The highest BCUT2D eigenvalue weighted by Gasteiger charge is 2.27. The van der Waals surface area contributed by atoms with Gasteiger partial charge in [0.25, 0.3) is 0 Å². The van der Waals surface area contributed by atoms with Crippen LogP contribution in [0.2, 0.25) is 5.02 Å². The highest BCUT2D eigenvalue weighted by Crippen LogP contribution is 2.42. The number of fused-ring (bicyclic) bond motifs is 3. The van der Waals surface area contributed by atoms with Gasteiger partial charge in [0, 0.05) is 23.0 Å². The lowest BCUT2D eigenvalue weighted by Crippen LogP contribution is -2.18. The first kappa shape index (κ1) is 9.49. The third-order valence-electron chi connectivity index (χ3n) is 3.38. The topological polar surface area (TPSA) is 35.2 Å². The van der Waals surface area contributed by atoms with E-state index in [1.807, 2.05) is 6.07 Å². The van der Waals surface area contributed by atoms with Crippen molar-refractivity contribution in [2.75, 3.05) is 6.61 Å². The van der Waals surface area contributed by atoms with Crippen LogP contribution in [-0.2, 0) is 12.8 Å². The van der Waals surface area contributed by atoms with E-state index in [9.17, 15) is 0 Å². The maximum absolute atomic E-state index is 6.29. The summed E-state index contributed by atoms with van der Waals surface area (Å²) in [5, 5.41) is 0.835. The van der Waals surface area contributed by atoms with Crippen LogP contribution in [0.25, 0.3) is 0 Å². The molecule has 1 unspecified atom stereocenters. The summed E-state index contributed by atoms with van der Waals surface area (Å²) in [4.78, 5) is 0. The van der Waals surface area contributed by atoms with E-state index in [1.165, 1.54) is 11.1 Å². The van der Waals surface area contributed by atoms with E-state index in [4.69, 9.17) is 22.1 Å². The molecule has 2 aliphatic rings. The molecule has 1 heterocycles. The number of ether oxygens (including phenoxy) is 1. The van der Waals surface area contributed by atoms with E-state index in [-0.39, 0.29) is 6.04 Å². The van der Waals surface area contributed by atoms with Crippen molar-refractivity contribution in [2.45, 2.75) is 31.7 Å². The maximum atomic E-state index is 6.29. The van der Waals surface area contributed by atoms with E-state index in [0.717, 1.165) is 48.6 Å². The molecule has 1 aromatic rings. The summed E-state index contributed by atoms with van der Waals surface area (Å²) in [6.45, 7) is 0.789. The quantitative estimate of drug-likeness (QED) is 0.734. The highest BCUT2D eigenvalue weighted by molar-refractivity contribution is 6.31. The van der Waals surface area contributed by atoms with Gasteiger partial charge in [0.2, 0.25) is 0 Å². The normalized spacial score (nSPS) is 23.2. The first-order valence-electron chi connectivity index (χ1n) is 5.50. The lowest BCUT2D eigenvalue weighted by Gasteiger charge is -2.25. The van der Waals surface area contributed by atoms with Crippen molar-refractivity contribution < 1.29 is 4.74 Å². The Labute approximate surface area is 94.4 Å². The average molecular weight is 224 g/mol. The predicted molar refractivity (Wildman–Crippen MR) is 60.5 cm³/mol. The molecular weight excluding hydrogens is 210 g/mol. The summed E-state index contributed by atoms with van der Waals surface area (Å²) in [6.07, 6.45) is 4.22. The summed E-state index contributed by atoms with van der Waals surface area (Å²) in [5.41, 5.74) is 9.76. The van der Waals surface area contributed by atoms with E-state index in [2.05, 4.69) is 0 Å². The van der Waals surface area contributed by atoms with Crippen LogP contribution in [-0.4, -0.2) is 6.61 Å². The summed E-state index contributed by atoms with van der Waals surface area (Å²) >= 11 is 6.29. The number of hydrogen-bond acceptors (Lipinski definition) is 2. The van der Waals surface area contributed by atoms with Gasteiger partial charge >= 0.3 is 0 Å². The monoisotopic (exact) mass is 223 g/mol. The van der Waals surface area contributed by atoms with E-state index in [1.54, 1.807) is 0 Å². The van der Waals surface area contributed by atoms with Gasteiger partial charge < -0.3 is 10.5 Å². The average Bonchev–Trinajstić information content (AvgIpc) is 2.65. The molecule has 0 saturated heterocycles. The third-order valence-corrected chi connectivity index (χ3v) is 3.69. The molecule has 3 heteroatoms. The number of benzene rings is 1. The van der Waals surface area contributed by atoms with Crippen molar-refractivity contribution in [3.8, 4) is 5.75 Å². The molecule has 1 aromatic carbocycles. The molecule has 0 bridgehead atoms. The minimum atomic E-state index is 0.0933. The Hall–Kier alpha value is -0.730. The van der Waals surface area contributed by atoms with Crippen LogP contribution in [0, 0.1) is 0 Å². The second-order valence-corrected chi connectivity index (χ2v) is 4.74. The molecule has 1 aliphatic carbocycles. The zero-order valence-corrected chi connectivity index (χ0v) is 9.31. The van der Waals surface area contributed by atoms with Gasteiger partial charge in [-0.25, -0.2) is 0 Å². The number of hydrogen-bond donors (Lipinski definition) is 1. The largest absolute Gasteiger partial charge is 0.493 e. The minimum Gasteiger partial charge on any atom is -0.493 e. The Kier molecular flexibility index (Phi) is 2.15. The van der Waals surface area contributed by atoms with Crippen molar-refractivity contribution in [3.05, 3.63) is 27.8 Å². The van der Waals surface area contributed by atoms with Gasteiger partial charge in [-0.15, -0.1) is 0 Å². The first-order chi connectivity index (χ1) is 7.27. The first-order valence-corrected chi connectivity index (χ1v) is 5.87. The van der Waals surface area contributed by atoms with Gasteiger partial charge in [-0.3, -0.25) is 0 Å². The minimum absolute atomic E-state index is 0.0933. The Morgan fingerprint density at radius 2 is 2.27 bits per heavy atom. The fourth-order valence-electron chi connectivity index (χ4n) is 2.68. The Morgan fingerprint density at radius 3 is 3.13 bits per heavy atom. The Bertz CT molecular complexity index is 417. The van der Waals surface area contributed by atoms with Gasteiger partial charge in [0.1, 0.15) is 5.75 Å². The summed E-state index contributed by atoms with van der Waals surface area (Å²) in [5.74, 6) is 1.07. The fraction of sp³-hybridized carbons (Fsp3) is 0.500. The predicted octanol–water partition coefficient (Wildman–Crippen LogP) is 2.61. The van der Waals surface area contributed by atoms with E-state index in [0.29, 0.717) is 0 Å². The van der Waals surface area contributed by atoms with Crippen molar-refractivity contribution in [3.63, 3.8) is 0 Å². The van der Waals surface area contributed by atoms with E-state index >= 15 is 0 Å². The second kappa shape index (κ2) is 3.39. The molecule has 0 radical (unpaired) electrons. The molecule has 0 fully saturated rings. The van der Waals surface area contributed by atoms with Crippen molar-refractivity contribution >= 4 is 11.6 Å². The van der Waals surface area contributed by atoms with Gasteiger partial charge in [-0.1, -0.05) is 11.6 Å². The van der Waals surface area contributed by atoms with Crippen molar-refractivity contribution in [1.82, 2.24) is 0 Å². The fourth-order valence-corrected chi connectivity index (χ4v) is 3.06. The molecule has 0 amide bonds. The van der Waals surface area contributed by atoms with Crippen LogP contribution in [0.15, 0.2) is 6.07 Å². The van der Waals surface area contributed by atoms with Crippen LogP contribution in [0.1, 0.15) is 35.6 Å². The molecule has 15 heavy (non-hydrogen) atoms. The molecule has 80 valence electrons. The Morgan fingerprint density at radius 1 is 1.40 bits per heavy atom. The SMILES string of the molecule is NC1CCCc2c3c(cc(Cl)c21)CCO3. The molecule has 0 aromatic heterocycles. The zero-order chi connectivity index (χ0) is 10.4. The summed E-state index contributed by atoms with van der Waals surface area (Å²) in [7, 11) is 0. The smallest absolute Gasteiger partial charge is 0.126 e. The summed E-state index contributed by atoms with van der Waals surface area (Å²) < 4.78 is 5.69. The lowest BCUT2D eigenvalue weighted by molar-refractivity contribution is 0.350. The van der Waals surface area contributed by atoms with Gasteiger partial charge in [-0.05, 0) is 36.5 Å². The molecule has 0 saturated carbocycles. The van der Waals surface area contributed by atoms with Crippen molar-refractivity contribution in [2.24, 2.45) is 5.73 Å². The zero-order valence-electron chi connectivity index (χ0n) is 8.55. The van der Waals surface area contributed by atoms with Crippen molar-refractivity contribution in [1.29, 1.82) is 0 Å². The molecule has 3 rings (SSSR count). The molecular formula is C12H14ClNO. The third kappa shape index (κ3) is 1.35. The number of rotatable bonds is 0. The van der Waals surface area contributed by atoms with Crippen LogP contribution in [0.4, 0.5) is 0 Å². The molecule has 0 spiro atoms. The molecule has 2 nitrogen and oxygen atoms in total. The van der Waals surface area contributed by atoms with Crippen LogP contribution in [0.3, 0.4) is 0 Å². The summed E-state index contributed by atoms with van der Waals surface area (Å²) in [6, 6.07) is 2.13. The lowest BCUT2D eigenvalue weighted by atomic mass is 9.86. The molecule has 1 atom stereocenters. The Balaban J connectivity index is 2.24. The second-order valence-electron chi connectivity index (χ2n) is 4.34. The standard InChI is InChI=1S/C12H14ClNO/c13-9-6-7-4-5-15-12(7)8-2-1-3-10(14)11(8)9/h6,10H,1-5,14H2. The highest BCUT2D eigenvalue weighted by atomic mass is 35.5. The molecule has 2 N–H and O–H groups in total. The number of nitrogens with two attached hydrogens (primary N) is 1. The van der Waals surface area contributed by atoms with Crippen LogP contribution in [0.5, 0.6) is 5.75 Å². The van der Waals surface area contributed by atoms with E-state index < -0.39 is 0 Å². The van der Waals surface area contributed by atoms with Gasteiger partial charge in [0.05, 0.1) is 6.61 Å². The van der Waals surface area contributed by atoms with Gasteiger partial charge in [-0.2, -0.15) is 0 Å². The molecule has 1 aliphatic heterocycles. The van der Waals surface area contributed by atoms with Crippen LogP contribution < -0.4 is 10.5 Å².